The molecule has 0 aromatic carbocycles. The van der Waals surface area contributed by atoms with Crippen LogP contribution in [0.3, 0.4) is 0 Å². The van der Waals surface area contributed by atoms with Crippen LogP contribution in [-0.4, -0.2) is 19.3 Å². The summed E-state index contributed by atoms with van der Waals surface area (Å²) in [6.07, 6.45) is 7.60. The second kappa shape index (κ2) is 9.66. The Balaban J connectivity index is 4.18. The Kier molecular flexibility index (Phi) is 9.36. The molecule has 6 heteroatoms. The highest BCUT2D eigenvalue weighted by Gasteiger charge is 2.34. The minimum Gasteiger partial charge on any atom is -0.299 e. The van der Waals surface area contributed by atoms with E-state index in [-0.39, 0.29) is 5.41 Å². The number of primary sulfonamides is 1. The third-order valence-corrected chi connectivity index (χ3v) is 5.75. The lowest BCUT2D eigenvalue weighted by molar-refractivity contribution is -0.127. The van der Waals surface area contributed by atoms with Crippen LogP contribution in [0.5, 0.6) is 0 Å². The molecule has 0 rings (SSSR count). The van der Waals surface area contributed by atoms with Crippen molar-refractivity contribution in [3.63, 3.8) is 0 Å². The lowest BCUT2D eigenvalue weighted by atomic mass is 9.80. The second-order valence-electron chi connectivity index (χ2n) is 8.04. The van der Waals surface area contributed by atoms with Crippen LogP contribution in [-0.2, 0) is 19.6 Å². The molecule has 0 aliphatic heterocycles. The zero-order valence-electron chi connectivity index (χ0n) is 16.0. The second-order valence-corrected chi connectivity index (χ2v) is 9.50. The van der Waals surface area contributed by atoms with Gasteiger partial charge in [-0.25, -0.2) is 13.6 Å². The standard InChI is InChI=1S/C18H35NO4S/c1-6-7-10-13-17(2,3)15(20)12-9-8-11-14-18(4,5)16(21)24(19,22)23/h6-14H2,1-5H3,(H2,19,22,23). The fourth-order valence-corrected chi connectivity index (χ4v) is 3.68. The van der Waals surface area contributed by atoms with Crippen LogP contribution in [0.25, 0.3) is 0 Å². The van der Waals surface area contributed by atoms with Gasteiger partial charge in [0.15, 0.2) is 0 Å². The summed E-state index contributed by atoms with van der Waals surface area (Å²) >= 11 is 0. The average molecular weight is 362 g/mol. The first-order valence-electron chi connectivity index (χ1n) is 8.95. The van der Waals surface area contributed by atoms with Crippen LogP contribution < -0.4 is 5.14 Å². The number of hydrogen-bond acceptors (Lipinski definition) is 4. The summed E-state index contributed by atoms with van der Waals surface area (Å²) < 4.78 is 22.3. The van der Waals surface area contributed by atoms with Crippen molar-refractivity contribution in [3.8, 4) is 0 Å². The molecule has 0 aromatic heterocycles. The van der Waals surface area contributed by atoms with Gasteiger partial charge in [-0.2, -0.15) is 0 Å². The number of nitrogens with two attached hydrogens (primary N) is 1. The molecule has 0 radical (unpaired) electrons. The lowest BCUT2D eigenvalue weighted by Crippen LogP contribution is -2.35. The Hall–Kier alpha value is -0.750. The Morgan fingerprint density at radius 1 is 0.833 bits per heavy atom. The third kappa shape index (κ3) is 8.38. The van der Waals surface area contributed by atoms with Gasteiger partial charge >= 0.3 is 0 Å². The van der Waals surface area contributed by atoms with Crippen molar-refractivity contribution < 1.29 is 18.0 Å². The molecule has 0 aliphatic carbocycles. The summed E-state index contributed by atoms with van der Waals surface area (Å²) in [6, 6.07) is 0. The Labute approximate surface area is 147 Å². The normalized spacial score (nSPS) is 13.1. The van der Waals surface area contributed by atoms with Crippen molar-refractivity contribution in [1.82, 2.24) is 0 Å². The molecule has 0 bridgehead atoms. The van der Waals surface area contributed by atoms with Gasteiger partial charge in [-0.15, -0.1) is 0 Å². The van der Waals surface area contributed by atoms with Gasteiger partial charge in [-0.05, 0) is 19.3 Å². The van der Waals surface area contributed by atoms with Gasteiger partial charge in [0.25, 0.3) is 15.1 Å². The van der Waals surface area contributed by atoms with E-state index in [1.807, 2.05) is 13.8 Å². The van der Waals surface area contributed by atoms with Crippen LogP contribution in [0.4, 0.5) is 0 Å². The van der Waals surface area contributed by atoms with E-state index in [0.717, 1.165) is 38.5 Å². The van der Waals surface area contributed by atoms with E-state index < -0.39 is 20.6 Å². The van der Waals surface area contributed by atoms with Crippen LogP contribution >= 0.6 is 0 Å². The van der Waals surface area contributed by atoms with Crippen molar-refractivity contribution in [2.45, 2.75) is 92.4 Å². The highest BCUT2D eigenvalue weighted by Crippen LogP contribution is 2.29. The maximum absolute atomic E-state index is 12.3. The lowest BCUT2D eigenvalue weighted by Gasteiger charge is -2.23. The summed E-state index contributed by atoms with van der Waals surface area (Å²) in [4.78, 5) is 24.1. The summed E-state index contributed by atoms with van der Waals surface area (Å²) in [5.74, 6) is 0.290. The summed E-state index contributed by atoms with van der Waals surface area (Å²) in [6.45, 7) is 9.37. The zero-order valence-corrected chi connectivity index (χ0v) is 16.8. The molecule has 0 spiro atoms. The molecule has 0 heterocycles. The fourth-order valence-electron chi connectivity index (χ4n) is 2.81. The van der Waals surface area contributed by atoms with E-state index in [4.69, 9.17) is 5.14 Å². The molecule has 0 saturated heterocycles. The first kappa shape index (κ1) is 23.2. The number of carbonyl (C=O) groups is 2. The van der Waals surface area contributed by atoms with Gasteiger partial charge < -0.3 is 0 Å². The fraction of sp³-hybridized carbons (Fsp3) is 0.889. The number of unbranched alkanes of at least 4 members (excludes halogenated alkanes) is 4. The molecule has 2 N–H and O–H groups in total. The number of hydrogen-bond donors (Lipinski definition) is 1. The van der Waals surface area contributed by atoms with Gasteiger partial charge in [-0.1, -0.05) is 66.7 Å². The predicted molar refractivity (Wildman–Crippen MR) is 97.9 cm³/mol. The maximum Gasteiger partial charge on any atom is 0.272 e. The van der Waals surface area contributed by atoms with Gasteiger partial charge in [-0.3, -0.25) is 9.59 Å². The van der Waals surface area contributed by atoms with Crippen molar-refractivity contribution in [3.05, 3.63) is 0 Å². The summed E-state index contributed by atoms with van der Waals surface area (Å²) in [5.41, 5.74) is -1.24. The Bertz CT molecular complexity index is 521. The van der Waals surface area contributed by atoms with Crippen molar-refractivity contribution in [1.29, 1.82) is 0 Å². The van der Waals surface area contributed by atoms with Crippen molar-refractivity contribution in [2.75, 3.05) is 0 Å². The maximum atomic E-state index is 12.3. The van der Waals surface area contributed by atoms with E-state index in [1.165, 1.54) is 0 Å². The van der Waals surface area contributed by atoms with Crippen LogP contribution in [0.2, 0.25) is 0 Å². The Morgan fingerprint density at radius 3 is 1.83 bits per heavy atom. The minimum atomic E-state index is -4.14. The van der Waals surface area contributed by atoms with E-state index in [0.29, 0.717) is 25.0 Å². The van der Waals surface area contributed by atoms with E-state index in [9.17, 15) is 18.0 Å². The number of Topliss-reactive ketones (excluding diaryl/α,β-unsaturated/α-hetero) is 1. The van der Waals surface area contributed by atoms with Crippen molar-refractivity contribution >= 4 is 20.9 Å². The van der Waals surface area contributed by atoms with Crippen LogP contribution in [0, 0.1) is 10.8 Å². The number of sulfonamides is 1. The highest BCUT2D eigenvalue weighted by molar-refractivity contribution is 8.04. The SMILES string of the molecule is CCCCCC(C)(C)C(=O)CCCCCC(C)(C)C(=O)S(N)(=O)=O. The molecule has 0 fully saturated rings. The molecular weight excluding hydrogens is 326 g/mol. The highest BCUT2D eigenvalue weighted by atomic mass is 32.2. The number of carbonyl (C=O) groups excluding carboxylic acids is 2. The number of rotatable bonds is 12. The van der Waals surface area contributed by atoms with E-state index in [2.05, 4.69) is 6.92 Å². The summed E-state index contributed by atoms with van der Waals surface area (Å²) in [5, 5.41) is 4.00. The predicted octanol–water partition coefficient (Wildman–Crippen LogP) is 3.95. The molecule has 142 valence electrons. The van der Waals surface area contributed by atoms with Crippen LogP contribution in [0.1, 0.15) is 92.4 Å². The quantitative estimate of drug-likeness (QED) is 0.532. The minimum absolute atomic E-state index is 0.266. The first-order valence-corrected chi connectivity index (χ1v) is 10.5. The van der Waals surface area contributed by atoms with Crippen LogP contribution in [0.15, 0.2) is 0 Å². The largest absolute Gasteiger partial charge is 0.299 e. The molecule has 0 atom stereocenters. The Morgan fingerprint density at radius 2 is 1.33 bits per heavy atom. The molecule has 0 saturated carbocycles. The molecule has 0 aromatic rings. The topological polar surface area (TPSA) is 94.3 Å². The van der Waals surface area contributed by atoms with Gasteiger partial charge in [0.05, 0.1) is 0 Å². The molecule has 24 heavy (non-hydrogen) atoms. The molecule has 0 aliphatic rings. The smallest absolute Gasteiger partial charge is 0.272 e. The average Bonchev–Trinajstić information content (AvgIpc) is 2.44. The third-order valence-electron chi connectivity index (χ3n) is 4.68. The molecule has 5 nitrogen and oxygen atoms in total. The van der Waals surface area contributed by atoms with Gasteiger partial charge in [0.1, 0.15) is 5.78 Å². The van der Waals surface area contributed by atoms with Gasteiger partial charge in [0.2, 0.25) is 0 Å². The summed E-state index contributed by atoms with van der Waals surface area (Å²) in [7, 11) is -4.14. The van der Waals surface area contributed by atoms with Crippen molar-refractivity contribution in [2.24, 2.45) is 16.0 Å². The van der Waals surface area contributed by atoms with Gasteiger partial charge in [0, 0.05) is 17.3 Å². The van der Waals surface area contributed by atoms with E-state index in [1.54, 1.807) is 13.8 Å². The molecular formula is C18H35NO4S. The molecule has 0 unspecified atom stereocenters. The monoisotopic (exact) mass is 361 g/mol. The number of ketones is 1. The molecule has 0 amide bonds. The van der Waals surface area contributed by atoms with E-state index >= 15 is 0 Å². The zero-order chi connectivity index (χ0) is 19.0. The first-order chi connectivity index (χ1) is 10.8.